The maximum absolute atomic E-state index is 12.9. The van der Waals surface area contributed by atoms with Crippen LogP contribution in [0.1, 0.15) is 45.7 Å². The Morgan fingerprint density at radius 1 is 1.11 bits per heavy atom. The molecule has 8 nitrogen and oxygen atoms in total. The van der Waals surface area contributed by atoms with Gasteiger partial charge in [-0.3, -0.25) is 19.4 Å². The lowest BCUT2D eigenvalue weighted by molar-refractivity contribution is -0.174. The summed E-state index contributed by atoms with van der Waals surface area (Å²) in [6.07, 6.45) is 3.13. The molecule has 1 aromatic carbocycles. The largest absolute Gasteiger partial charge is 0.339 e. The quantitative estimate of drug-likeness (QED) is 0.751. The van der Waals surface area contributed by atoms with Crippen molar-refractivity contribution in [3.05, 3.63) is 65.5 Å². The fourth-order valence-corrected chi connectivity index (χ4v) is 3.75. The molecule has 2 aliphatic rings. The van der Waals surface area contributed by atoms with Crippen LogP contribution in [-0.4, -0.2) is 45.2 Å². The molecule has 4 rings (SSSR count). The summed E-state index contributed by atoms with van der Waals surface area (Å²) >= 11 is 0. The summed E-state index contributed by atoms with van der Waals surface area (Å²) in [5, 5.41) is 0.479. The van der Waals surface area contributed by atoms with E-state index in [-0.39, 0.29) is 23.5 Å². The minimum atomic E-state index is -0.846. The molecule has 2 aliphatic heterocycles. The number of carbonyl (C=O) groups is 4. The molecular formula is C20H17N3O5. The molecule has 142 valence electrons. The molecule has 2 aromatic rings. The summed E-state index contributed by atoms with van der Waals surface area (Å²) < 4.78 is 0. The summed E-state index contributed by atoms with van der Waals surface area (Å²) in [5.74, 6) is -3.22. The van der Waals surface area contributed by atoms with E-state index >= 15 is 0 Å². The number of fused-ring (bicyclic) bond motifs is 1. The van der Waals surface area contributed by atoms with E-state index in [4.69, 9.17) is 4.84 Å². The summed E-state index contributed by atoms with van der Waals surface area (Å²) in [6, 6.07) is 9.19. The fraction of sp³-hybridized carbons (Fsp3) is 0.250. The maximum Gasteiger partial charge on any atom is 0.339 e. The first-order valence-electron chi connectivity index (χ1n) is 8.92. The number of amides is 3. The summed E-state index contributed by atoms with van der Waals surface area (Å²) in [5.41, 5.74) is 1.06. The number of imide groups is 1. The normalized spacial score (nSPS) is 21.2. The number of hydrogen-bond acceptors (Lipinski definition) is 6. The maximum atomic E-state index is 12.9. The third-order valence-corrected chi connectivity index (χ3v) is 5.04. The van der Waals surface area contributed by atoms with E-state index in [1.165, 1.54) is 12.1 Å². The lowest BCUT2D eigenvalue weighted by atomic mass is 9.95. The van der Waals surface area contributed by atoms with Crippen molar-refractivity contribution in [3.63, 3.8) is 0 Å². The smallest absolute Gasteiger partial charge is 0.335 e. The zero-order chi connectivity index (χ0) is 19.8. The Morgan fingerprint density at radius 2 is 1.79 bits per heavy atom. The van der Waals surface area contributed by atoms with Crippen molar-refractivity contribution in [1.29, 1.82) is 0 Å². The van der Waals surface area contributed by atoms with Crippen LogP contribution in [0.5, 0.6) is 0 Å². The number of likely N-dealkylation sites (tertiary alicyclic amines) is 1. The first kappa shape index (κ1) is 17.8. The standard InChI is InChI=1S/C20H17N3O5/c1-2-22-16(24)10-15(17(22)12-6-5-9-21-11-12)20(27)28-23-18(25)13-7-3-4-8-14(13)19(23)26/h3-9,11,15,17H,2,10H2,1H3/t15-,17+/m0/s1. The van der Waals surface area contributed by atoms with E-state index in [0.717, 1.165) is 0 Å². The van der Waals surface area contributed by atoms with Gasteiger partial charge in [-0.25, -0.2) is 4.79 Å². The highest BCUT2D eigenvalue weighted by Gasteiger charge is 2.47. The van der Waals surface area contributed by atoms with Crippen LogP contribution in [0.15, 0.2) is 48.8 Å². The van der Waals surface area contributed by atoms with Crippen molar-refractivity contribution in [2.75, 3.05) is 6.54 Å². The number of benzene rings is 1. The Bertz CT molecular complexity index is 940. The number of hydroxylamine groups is 2. The van der Waals surface area contributed by atoms with Gasteiger partial charge in [0, 0.05) is 25.4 Å². The number of pyridine rings is 1. The molecule has 1 aromatic heterocycles. The molecule has 3 heterocycles. The predicted octanol–water partition coefficient (Wildman–Crippen LogP) is 1.75. The van der Waals surface area contributed by atoms with E-state index in [0.29, 0.717) is 17.2 Å². The van der Waals surface area contributed by atoms with Crippen LogP contribution in [0, 0.1) is 5.92 Å². The third kappa shape index (κ3) is 2.74. The van der Waals surface area contributed by atoms with Crippen LogP contribution in [0.25, 0.3) is 0 Å². The third-order valence-electron chi connectivity index (χ3n) is 5.04. The lowest BCUT2D eigenvalue weighted by Crippen LogP contribution is -2.37. The van der Waals surface area contributed by atoms with Gasteiger partial charge in [-0.05, 0) is 30.7 Å². The molecule has 0 N–H and O–H groups in total. The van der Waals surface area contributed by atoms with Crippen molar-refractivity contribution in [1.82, 2.24) is 14.9 Å². The minimum Gasteiger partial charge on any atom is -0.335 e. The topological polar surface area (TPSA) is 96.9 Å². The second-order valence-electron chi connectivity index (χ2n) is 6.58. The average molecular weight is 379 g/mol. The second-order valence-corrected chi connectivity index (χ2v) is 6.58. The van der Waals surface area contributed by atoms with E-state index in [2.05, 4.69) is 4.98 Å². The molecule has 0 radical (unpaired) electrons. The summed E-state index contributed by atoms with van der Waals surface area (Å²) in [7, 11) is 0. The number of nitrogens with zero attached hydrogens (tertiary/aromatic N) is 3. The zero-order valence-corrected chi connectivity index (χ0v) is 15.1. The van der Waals surface area contributed by atoms with E-state index in [1.807, 2.05) is 6.92 Å². The summed E-state index contributed by atoms with van der Waals surface area (Å²) in [6.45, 7) is 2.23. The number of carbonyl (C=O) groups excluding carboxylic acids is 4. The predicted molar refractivity (Wildman–Crippen MR) is 95.5 cm³/mol. The Balaban J connectivity index is 1.60. The molecule has 0 aliphatic carbocycles. The molecule has 0 spiro atoms. The van der Waals surface area contributed by atoms with Gasteiger partial charge in [-0.1, -0.05) is 23.3 Å². The second kappa shape index (κ2) is 6.88. The van der Waals surface area contributed by atoms with Gasteiger partial charge in [0.1, 0.15) is 0 Å². The van der Waals surface area contributed by atoms with E-state index in [1.54, 1.807) is 41.6 Å². The van der Waals surface area contributed by atoms with Gasteiger partial charge >= 0.3 is 5.97 Å². The summed E-state index contributed by atoms with van der Waals surface area (Å²) in [4.78, 5) is 61.0. The van der Waals surface area contributed by atoms with Gasteiger partial charge in [-0.15, -0.1) is 0 Å². The molecule has 28 heavy (non-hydrogen) atoms. The van der Waals surface area contributed by atoms with Crippen molar-refractivity contribution < 1.29 is 24.0 Å². The monoisotopic (exact) mass is 379 g/mol. The first-order chi connectivity index (χ1) is 13.5. The highest BCUT2D eigenvalue weighted by Crippen LogP contribution is 2.39. The minimum absolute atomic E-state index is 0.0601. The van der Waals surface area contributed by atoms with Crippen molar-refractivity contribution >= 4 is 23.7 Å². The molecule has 0 bridgehead atoms. The van der Waals surface area contributed by atoms with E-state index < -0.39 is 29.7 Å². The molecule has 2 atom stereocenters. The van der Waals surface area contributed by atoms with Crippen molar-refractivity contribution in [2.45, 2.75) is 19.4 Å². The van der Waals surface area contributed by atoms with Crippen molar-refractivity contribution in [2.24, 2.45) is 5.92 Å². The van der Waals surface area contributed by atoms with Crippen LogP contribution in [0.4, 0.5) is 0 Å². The van der Waals surface area contributed by atoms with Crippen molar-refractivity contribution in [3.8, 4) is 0 Å². The van der Waals surface area contributed by atoms with Gasteiger partial charge < -0.3 is 9.74 Å². The molecule has 8 heteroatoms. The Labute approximate surface area is 160 Å². The first-order valence-corrected chi connectivity index (χ1v) is 8.92. The van der Waals surface area contributed by atoms with Gasteiger partial charge in [0.05, 0.1) is 23.1 Å². The van der Waals surface area contributed by atoms with Crippen LogP contribution >= 0.6 is 0 Å². The van der Waals surface area contributed by atoms with Gasteiger partial charge in [-0.2, -0.15) is 0 Å². The molecule has 0 saturated carbocycles. The Morgan fingerprint density at radius 3 is 2.36 bits per heavy atom. The fourth-order valence-electron chi connectivity index (χ4n) is 3.75. The SMILES string of the molecule is CCN1C(=O)C[C@H](C(=O)ON2C(=O)c3ccccc3C2=O)[C@H]1c1cccnc1. The van der Waals surface area contributed by atoms with Gasteiger partial charge in [0.15, 0.2) is 0 Å². The van der Waals surface area contributed by atoms with E-state index in [9.17, 15) is 19.2 Å². The van der Waals surface area contributed by atoms with Gasteiger partial charge in [0.2, 0.25) is 5.91 Å². The molecule has 0 unspecified atom stereocenters. The lowest BCUT2D eigenvalue weighted by Gasteiger charge is -2.27. The average Bonchev–Trinajstić information content (AvgIpc) is 3.18. The Kier molecular flexibility index (Phi) is 4.38. The van der Waals surface area contributed by atoms with Crippen LogP contribution in [0.3, 0.4) is 0 Å². The highest BCUT2D eigenvalue weighted by atomic mass is 16.7. The highest BCUT2D eigenvalue weighted by molar-refractivity contribution is 6.20. The van der Waals surface area contributed by atoms with Crippen LogP contribution in [-0.2, 0) is 14.4 Å². The van der Waals surface area contributed by atoms with Gasteiger partial charge in [0.25, 0.3) is 11.8 Å². The van der Waals surface area contributed by atoms with Crippen LogP contribution < -0.4 is 0 Å². The molecule has 1 saturated heterocycles. The zero-order valence-electron chi connectivity index (χ0n) is 15.1. The van der Waals surface area contributed by atoms with Crippen LogP contribution in [0.2, 0.25) is 0 Å². The molecular weight excluding hydrogens is 362 g/mol. The number of rotatable bonds is 4. The number of hydrogen-bond donors (Lipinski definition) is 0. The molecule has 3 amide bonds. The number of aromatic nitrogens is 1. The Hall–Kier alpha value is -3.55. The molecule has 1 fully saturated rings.